The van der Waals surface area contributed by atoms with Gasteiger partial charge in [0.1, 0.15) is 17.7 Å². The lowest BCUT2D eigenvalue weighted by Crippen LogP contribution is -2.31. The van der Waals surface area contributed by atoms with Crippen molar-refractivity contribution in [1.29, 1.82) is 0 Å². The molecular weight excluding hydrogens is 289 g/mol. The largest absolute Gasteiger partial charge is 0.489 e. The summed E-state index contributed by atoms with van der Waals surface area (Å²) in [5.74, 6) is 0.216. The van der Waals surface area contributed by atoms with Crippen LogP contribution in [0, 0.1) is 5.82 Å². The SMILES string of the molecule is COCCNCC(C)Oc1ccc(Br)c(F)c1. The van der Waals surface area contributed by atoms with Crippen molar-refractivity contribution in [1.82, 2.24) is 5.32 Å². The third-order valence-electron chi connectivity index (χ3n) is 2.14. The Labute approximate surface area is 109 Å². The number of methoxy groups -OCH3 is 1. The van der Waals surface area contributed by atoms with Gasteiger partial charge in [-0.25, -0.2) is 4.39 Å². The van der Waals surface area contributed by atoms with E-state index in [9.17, 15) is 4.39 Å². The summed E-state index contributed by atoms with van der Waals surface area (Å²) >= 11 is 3.10. The lowest BCUT2D eigenvalue weighted by atomic mass is 10.3. The summed E-state index contributed by atoms with van der Waals surface area (Å²) in [5.41, 5.74) is 0. The smallest absolute Gasteiger partial charge is 0.141 e. The Kier molecular flexibility index (Phi) is 6.47. The zero-order valence-corrected chi connectivity index (χ0v) is 11.6. The lowest BCUT2D eigenvalue weighted by Gasteiger charge is -2.15. The van der Waals surface area contributed by atoms with Gasteiger partial charge in [-0.3, -0.25) is 0 Å². The first-order valence-electron chi connectivity index (χ1n) is 5.45. The molecule has 1 rings (SSSR count). The van der Waals surface area contributed by atoms with E-state index in [1.54, 1.807) is 19.2 Å². The van der Waals surface area contributed by atoms with Gasteiger partial charge in [0.25, 0.3) is 0 Å². The molecule has 17 heavy (non-hydrogen) atoms. The van der Waals surface area contributed by atoms with Gasteiger partial charge in [-0.05, 0) is 35.0 Å². The molecule has 0 aliphatic heterocycles. The minimum Gasteiger partial charge on any atom is -0.489 e. The first-order valence-corrected chi connectivity index (χ1v) is 6.24. The molecule has 1 aromatic rings. The molecule has 0 bridgehead atoms. The fourth-order valence-corrected chi connectivity index (χ4v) is 1.55. The second kappa shape index (κ2) is 7.63. The lowest BCUT2D eigenvalue weighted by molar-refractivity contribution is 0.184. The highest BCUT2D eigenvalue weighted by atomic mass is 79.9. The molecule has 0 amide bonds. The van der Waals surface area contributed by atoms with Crippen LogP contribution in [-0.2, 0) is 4.74 Å². The highest BCUT2D eigenvalue weighted by molar-refractivity contribution is 9.10. The topological polar surface area (TPSA) is 30.5 Å². The Hall–Kier alpha value is -0.650. The average molecular weight is 306 g/mol. The fraction of sp³-hybridized carbons (Fsp3) is 0.500. The average Bonchev–Trinajstić information content (AvgIpc) is 2.30. The molecule has 0 aliphatic rings. The van der Waals surface area contributed by atoms with E-state index in [1.807, 2.05) is 6.92 Å². The van der Waals surface area contributed by atoms with Crippen LogP contribution in [0.25, 0.3) is 0 Å². The van der Waals surface area contributed by atoms with E-state index >= 15 is 0 Å². The van der Waals surface area contributed by atoms with Crippen LogP contribution in [0.4, 0.5) is 4.39 Å². The van der Waals surface area contributed by atoms with E-state index in [1.165, 1.54) is 6.07 Å². The molecule has 5 heteroatoms. The second-order valence-corrected chi connectivity index (χ2v) is 4.56. The predicted octanol–water partition coefficient (Wildman–Crippen LogP) is 2.59. The zero-order chi connectivity index (χ0) is 12.7. The maximum absolute atomic E-state index is 13.2. The highest BCUT2D eigenvalue weighted by Crippen LogP contribution is 2.21. The van der Waals surface area contributed by atoms with Crippen LogP contribution < -0.4 is 10.1 Å². The molecule has 1 unspecified atom stereocenters. The summed E-state index contributed by atoms with van der Waals surface area (Å²) in [6, 6.07) is 4.74. The number of ether oxygens (including phenoxy) is 2. The fourth-order valence-electron chi connectivity index (χ4n) is 1.30. The molecule has 0 saturated carbocycles. The van der Waals surface area contributed by atoms with Crippen LogP contribution in [0.5, 0.6) is 5.75 Å². The maximum atomic E-state index is 13.2. The van der Waals surface area contributed by atoms with Gasteiger partial charge in [-0.15, -0.1) is 0 Å². The van der Waals surface area contributed by atoms with Gasteiger partial charge < -0.3 is 14.8 Å². The van der Waals surface area contributed by atoms with Gasteiger partial charge in [0.05, 0.1) is 11.1 Å². The van der Waals surface area contributed by atoms with E-state index in [2.05, 4.69) is 21.2 Å². The highest BCUT2D eigenvalue weighted by Gasteiger charge is 2.06. The number of hydrogen-bond donors (Lipinski definition) is 1. The Morgan fingerprint density at radius 1 is 1.47 bits per heavy atom. The standard InChI is InChI=1S/C12H17BrFNO2/c1-9(8-15-5-6-16-2)17-10-3-4-11(13)12(14)7-10/h3-4,7,9,15H,5-6,8H2,1-2H3. The molecule has 0 saturated heterocycles. The summed E-state index contributed by atoms with van der Waals surface area (Å²) in [4.78, 5) is 0. The van der Waals surface area contributed by atoms with Gasteiger partial charge in [0, 0.05) is 26.3 Å². The molecule has 0 aliphatic carbocycles. The van der Waals surface area contributed by atoms with Crippen molar-refractivity contribution in [2.24, 2.45) is 0 Å². The Balaban J connectivity index is 2.34. The van der Waals surface area contributed by atoms with Gasteiger partial charge >= 0.3 is 0 Å². The van der Waals surface area contributed by atoms with E-state index in [4.69, 9.17) is 9.47 Å². The van der Waals surface area contributed by atoms with E-state index in [0.717, 1.165) is 6.54 Å². The van der Waals surface area contributed by atoms with Gasteiger partial charge in [0.2, 0.25) is 0 Å². The molecule has 1 N–H and O–H groups in total. The third-order valence-corrected chi connectivity index (χ3v) is 2.79. The van der Waals surface area contributed by atoms with Crippen molar-refractivity contribution < 1.29 is 13.9 Å². The molecular formula is C12H17BrFNO2. The van der Waals surface area contributed by atoms with Gasteiger partial charge in [0.15, 0.2) is 0 Å². The zero-order valence-electron chi connectivity index (χ0n) is 10.0. The minimum absolute atomic E-state index is 0.0209. The van der Waals surface area contributed by atoms with Crippen LogP contribution in [0.15, 0.2) is 22.7 Å². The molecule has 0 heterocycles. The number of rotatable bonds is 7. The van der Waals surface area contributed by atoms with Crippen LogP contribution in [-0.4, -0.2) is 32.9 Å². The van der Waals surface area contributed by atoms with Gasteiger partial charge in [-0.1, -0.05) is 0 Å². The first-order chi connectivity index (χ1) is 8.13. The summed E-state index contributed by atoms with van der Waals surface area (Å²) < 4.78 is 24.1. The summed E-state index contributed by atoms with van der Waals surface area (Å²) in [6.45, 7) is 4.07. The monoisotopic (exact) mass is 305 g/mol. The molecule has 1 atom stereocenters. The third kappa shape index (κ3) is 5.48. The molecule has 3 nitrogen and oxygen atoms in total. The number of nitrogens with one attached hydrogen (secondary N) is 1. The van der Waals surface area contributed by atoms with Crippen molar-refractivity contribution in [2.75, 3.05) is 26.8 Å². The molecule has 0 radical (unpaired) electrons. The molecule has 0 spiro atoms. The normalized spacial score (nSPS) is 12.5. The van der Waals surface area contributed by atoms with E-state index in [0.29, 0.717) is 23.4 Å². The van der Waals surface area contributed by atoms with Crippen molar-refractivity contribution in [3.63, 3.8) is 0 Å². The molecule has 1 aromatic carbocycles. The molecule has 96 valence electrons. The molecule has 0 aromatic heterocycles. The summed E-state index contributed by atoms with van der Waals surface area (Å²) in [5, 5.41) is 3.18. The number of hydrogen-bond acceptors (Lipinski definition) is 3. The minimum atomic E-state index is -0.318. The maximum Gasteiger partial charge on any atom is 0.141 e. The quantitative estimate of drug-likeness (QED) is 0.786. The van der Waals surface area contributed by atoms with Crippen LogP contribution in [0.2, 0.25) is 0 Å². The van der Waals surface area contributed by atoms with Crippen molar-refractivity contribution >= 4 is 15.9 Å². The second-order valence-electron chi connectivity index (χ2n) is 3.70. The van der Waals surface area contributed by atoms with Crippen LogP contribution in [0.3, 0.4) is 0 Å². The Morgan fingerprint density at radius 2 is 2.24 bits per heavy atom. The number of halogens is 2. The van der Waals surface area contributed by atoms with E-state index in [-0.39, 0.29) is 11.9 Å². The first kappa shape index (κ1) is 14.4. The summed E-state index contributed by atoms with van der Waals surface area (Å²) in [6.07, 6.45) is -0.0209. The van der Waals surface area contributed by atoms with Crippen LogP contribution in [0.1, 0.15) is 6.92 Å². The van der Waals surface area contributed by atoms with Gasteiger partial charge in [-0.2, -0.15) is 0 Å². The Bertz CT molecular complexity index is 349. The summed E-state index contributed by atoms with van der Waals surface area (Å²) in [7, 11) is 1.66. The van der Waals surface area contributed by atoms with Crippen molar-refractivity contribution in [2.45, 2.75) is 13.0 Å². The Morgan fingerprint density at radius 3 is 2.88 bits per heavy atom. The van der Waals surface area contributed by atoms with E-state index < -0.39 is 0 Å². The van der Waals surface area contributed by atoms with Crippen molar-refractivity contribution in [3.05, 3.63) is 28.5 Å². The van der Waals surface area contributed by atoms with Crippen LogP contribution >= 0.6 is 15.9 Å². The molecule has 0 fully saturated rings. The number of benzene rings is 1. The van der Waals surface area contributed by atoms with Crippen molar-refractivity contribution in [3.8, 4) is 5.75 Å². The predicted molar refractivity (Wildman–Crippen MR) is 68.9 cm³/mol.